The molecule has 0 radical (unpaired) electrons. The molecule has 0 heterocycles. The zero-order valence-corrected chi connectivity index (χ0v) is 8.46. The number of carbonyl (C=O) groups is 1. The number of rotatable bonds is 3. The van der Waals surface area contributed by atoms with E-state index in [1.54, 1.807) is 19.1 Å². The average molecular weight is 211 g/mol. The van der Waals surface area contributed by atoms with Gasteiger partial charge in [-0.1, -0.05) is 12.1 Å². The lowest BCUT2D eigenvalue weighted by Crippen LogP contribution is -2.32. The number of hydrogen-bond donors (Lipinski definition) is 3. The van der Waals surface area contributed by atoms with E-state index in [2.05, 4.69) is 0 Å². The Hall–Kier alpha value is -1.46. The topological polar surface area (TPSA) is 81.1 Å². The fourth-order valence-corrected chi connectivity index (χ4v) is 1.28. The molecule has 1 unspecified atom stereocenters. The van der Waals surface area contributed by atoms with Crippen molar-refractivity contribution in [3.63, 3.8) is 0 Å². The maximum absolute atomic E-state index is 13.0. The average Bonchev–Trinajstić information content (AvgIpc) is 2.21. The van der Waals surface area contributed by atoms with E-state index in [4.69, 9.17) is 11.6 Å². The van der Waals surface area contributed by atoms with Crippen LogP contribution in [0.1, 0.15) is 23.6 Å². The largest absolute Gasteiger partial charge is 0.324 e. The molecule has 82 valence electrons. The smallest absolute Gasteiger partial charge is 0.235 e. The Labute approximate surface area is 87.4 Å². The lowest BCUT2D eigenvalue weighted by Gasteiger charge is -2.11. The molecule has 0 aromatic heterocycles. The summed E-state index contributed by atoms with van der Waals surface area (Å²) in [6, 6.07) is 4.07. The monoisotopic (exact) mass is 211 g/mol. The Bertz CT molecular complexity index is 368. The fourth-order valence-electron chi connectivity index (χ4n) is 1.28. The van der Waals surface area contributed by atoms with Gasteiger partial charge in [0.05, 0.1) is 0 Å². The molecule has 5 N–H and O–H groups in total. The molecule has 1 amide bonds. The number of halogens is 1. The summed E-state index contributed by atoms with van der Waals surface area (Å²) in [5.41, 5.74) is 8.98. The molecule has 0 saturated carbocycles. The van der Waals surface area contributed by atoms with E-state index in [-0.39, 0.29) is 18.1 Å². The molecule has 5 heteroatoms. The highest BCUT2D eigenvalue weighted by atomic mass is 19.1. The summed E-state index contributed by atoms with van der Waals surface area (Å²) in [7, 11) is 0. The lowest BCUT2D eigenvalue weighted by molar-refractivity contribution is -0.121. The zero-order chi connectivity index (χ0) is 11.4. The molecular formula is C10H14FN3O. The second kappa shape index (κ2) is 4.86. The van der Waals surface area contributed by atoms with E-state index in [1.165, 1.54) is 6.07 Å². The first kappa shape index (κ1) is 11.6. The standard InChI is InChI=1S/C10H14FN3O/c1-6-4-7(2-3-8(6)11)9(12)5-10(15)14-13/h2-4,9H,5,12-13H2,1H3,(H,14,15). The minimum Gasteiger partial charge on any atom is -0.324 e. The second-order valence-electron chi connectivity index (χ2n) is 3.39. The SMILES string of the molecule is Cc1cc(C(N)CC(=O)NN)ccc1F. The highest BCUT2D eigenvalue weighted by molar-refractivity contribution is 5.76. The Morgan fingerprint density at radius 1 is 1.60 bits per heavy atom. The van der Waals surface area contributed by atoms with Crippen LogP contribution in [-0.4, -0.2) is 5.91 Å². The molecule has 0 saturated heterocycles. The lowest BCUT2D eigenvalue weighted by atomic mass is 10.0. The Morgan fingerprint density at radius 3 is 2.80 bits per heavy atom. The summed E-state index contributed by atoms with van der Waals surface area (Å²) >= 11 is 0. The molecule has 1 aromatic rings. The normalized spacial score (nSPS) is 12.3. The summed E-state index contributed by atoms with van der Waals surface area (Å²) in [6.07, 6.45) is 0.0849. The summed E-state index contributed by atoms with van der Waals surface area (Å²) in [4.78, 5) is 11.0. The van der Waals surface area contributed by atoms with Gasteiger partial charge in [0, 0.05) is 12.5 Å². The van der Waals surface area contributed by atoms with Crippen molar-refractivity contribution >= 4 is 5.91 Å². The third-order valence-electron chi connectivity index (χ3n) is 2.18. The van der Waals surface area contributed by atoms with Crippen molar-refractivity contribution in [1.29, 1.82) is 0 Å². The number of hydrazine groups is 1. The second-order valence-corrected chi connectivity index (χ2v) is 3.39. The van der Waals surface area contributed by atoms with Gasteiger partial charge in [-0.3, -0.25) is 10.2 Å². The van der Waals surface area contributed by atoms with Gasteiger partial charge >= 0.3 is 0 Å². The number of aryl methyl sites for hydroxylation is 1. The van der Waals surface area contributed by atoms with Gasteiger partial charge < -0.3 is 5.73 Å². The third kappa shape index (κ3) is 3.00. The number of nitrogens with two attached hydrogens (primary N) is 2. The molecule has 4 nitrogen and oxygen atoms in total. The minimum atomic E-state index is -0.465. The van der Waals surface area contributed by atoms with Gasteiger partial charge in [0.2, 0.25) is 5.91 Å². The molecule has 0 fully saturated rings. The Morgan fingerprint density at radius 2 is 2.27 bits per heavy atom. The van der Waals surface area contributed by atoms with E-state index in [9.17, 15) is 9.18 Å². The first-order valence-electron chi connectivity index (χ1n) is 4.55. The van der Waals surface area contributed by atoms with Crippen molar-refractivity contribution in [2.24, 2.45) is 11.6 Å². The molecule has 1 aromatic carbocycles. The van der Waals surface area contributed by atoms with Crippen molar-refractivity contribution in [3.05, 3.63) is 35.1 Å². The van der Waals surface area contributed by atoms with E-state index in [1.807, 2.05) is 5.43 Å². The van der Waals surface area contributed by atoms with Crippen LogP contribution in [0.2, 0.25) is 0 Å². The van der Waals surface area contributed by atoms with Crippen LogP contribution in [0.5, 0.6) is 0 Å². The summed E-state index contributed by atoms with van der Waals surface area (Å²) < 4.78 is 13.0. The van der Waals surface area contributed by atoms with Crippen molar-refractivity contribution in [2.75, 3.05) is 0 Å². The van der Waals surface area contributed by atoms with Crippen LogP contribution < -0.4 is 17.0 Å². The Kier molecular flexibility index (Phi) is 3.76. The first-order valence-corrected chi connectivity index (χ1v) is 4.55. The van der Waals surface area contributed by atoms with Crippen molar-refractivity contribution in [3.8, 4) is 0 Å². The van der Waals surface area contributed by atoms with Crippen LogP contribution >= 0.6 is 0 Å². The number of nitrogens with one attached hydrogen (secondary N) is 1. The van der Waals surface area contributed by atoms with Gasteiger partial charge in [0.1, 0.15) is 5.82 Å². The van der Waals surface area contributed by atoms with Crippen LogP contribution in [0.4, 0.5) is 4.39 Å². The quantitative estimate of drug-likeness (QED) is 0.387. The van der Waals surface area contributed by atoms with Gasteiger partial charge in [0.15, 0.2) is 0 Å². The molecular weight excluding hydrogens is 197 g/mol. The van der Waals surface area contributed by atoms with Crippen LogP contribution in [0, 0.1) is 12.7 Å². The van der Waals surface area contributed by atoms with Gasteiger partial charge in [0.25, 0.3) is 0 Å². The number of amides is 1. The van der Waals surface area contributed by atoms with Gasteiger partial charge in [-0.15, -0.1) is 0 Å². The zero-order valence-electron chi connectivity index (χ0n) is 8.46. The van der Waals surface area contributed by atoms with Crippen LogP contribution in [-0.2, 0) is 4.79 Å². The first-order chi connectivity index (χ1) is 7.04. The highest BCUT2D eigenvalue weighted by Gasteiger charge is 2.11. The van der Waals surface area contributed by atoms with Crippen molar-refractivity contribution in [1.82, 2.24) is 5.43 Å². The van der Waals surface area contributed by atoms with Gasteiger partial charge in [-0.25, -0.2) is 10.2 Å². The highest BCUT2D eigenvalue weighted by Crippen LogP contribution is 2.17. The van der Waals surface area contributed by atoms with E-state index in [0.29, 0.717) is 5.56 Å². The molecule has 0 aliphatic rings. The number of carbonyl (C=O) groups excluding carboxylic acids is 1. The van der Waals surface area contributed by atoms with E-state index in [0.717, 1.165) is 5.56 Å². The molecule has 0 aliphatic carbocycles. The third-order valence-corrected chi connectivity index (χ3v) is 2.18. The predicted molar refractivity (Wildman–Crippen MR) is 55.0 cm³/mol. The van der Waals surface area contributed by atoms with Gasteiger partial charge in [-0.05, 0) is 24.1 Å². The minimum absolute atomic E-state index is 0.0849. The number of hydrogen-bond acceptors (Lipinski definition) is 3. The summed E-state index contributed by atoms with van der Waals surface area (Å²) in [6.45, 7) is 1.65. The van der Waals surface area contributed by atoms with Crippen molar-refractivity contribution in [2.45, 2.75) is 19.4 Å². The van der Waals surface area contributed by atoms with Crippen LogP contribution in [0.25, 0.3) is 0 Å². The summed E-state index contributed by atoms with van der Waals surface area (Å²) in [5, 5.41) is 0. The van der Waals surface area contributed by atoms with Crippen LogP contribution in [0.3, 0.4) is 0 Å². The molecule has 1 rings (SSSR count). The Balaban J connectivity index is 2.78. The maximum atomic E-state index is 13.0. The molecule has 0 bridgehead atoms. The predicted octanol–water partition coefficient (Wildman–Crippen LogP) is 0.514. The van der Waals surface area contributed by atoms with Gasteiger partial charge in [-0.2, -0.15) is 0 Å². The summed E-state index contributed by atoms with van der Waals surface area (Å²) in [5.74, 6) is 4.31. The van der Waals surface area contributed by atoms with E-state index >= 15 is 0 Å². The molecule has 15 heavy (non-hydrogen) atoms. The van der Waals surface area contributed by atoms with Crippen molar-refractivity contribution < 1.29 is 9.18 Å². The fraction of sp³-hybridized carbons (Fsp3) is 0.300. The molecule has 1 atom stereocenters. The van der Waals surface area contributed by atoms with Crippen LogP contribution in [0.15, 0.2) is 18.2 Å². The number of benzene rings is 1. The van der Waals surface area contributed by atoms with E-state index < -0.39 is 6.04 Å². The maximum Gasteiger partial charge on any atom is 0.235 e. The molecule has 0 spiro atoms. The molecule has 0 aliphatic heterocycles.